The van der Waals surface area contributed by atoms with Gasteiger partial charge >= 0.3 is 0 Å². The Morgan fingerprint density at radius 2 is 0.889 bits per heavy atom. The van der Waals surface area contributed by atoms with Crippen LogP contribution in [0.1, 0.15) is 0 Å². The quantitative estimate of drug-likeness (QED) is 0.163. The Balaban J connectivity index is 1.21. The molecule has 0 fully saturated rings. The van der Waals surface area contributed by atoms with Crippen LogP contribution >= 0.6 is 0 Å². The minimum atomic E-state index is 0.541. The maximum Gasteiger partial charge on any atom is 0.179 e. The monoisotopic (exact) mass is 689 g/mol. The molecule has 0 bridgehead atoms. The number of hydrogen-bond acceptors (Lipinski definition) is 5. The van der Waals surface area contributed by atoms with Gasteiger partial charge in [0.05, 0.1) is 33.6 Å². The first-order chi connectivity index (χ1) is 26.7. The second-order valence-electron chi connectivity index (χ2n) is 13.3. The minimum Gasteiger partial charge on any atom is -0.256 e. The van der Waals surface area contributed by atoms with Crippen molar-refractivity contribution in [2.75, 3.05) is 0 Å². The number of para-hydroxylation sites is 1. The molecule has 0 N–H and O–H groups in total. The molecule has 0 spiro atoms. The molecule has 0 aliphatic rings. The van der Waals surface area contributed by atoms with Crippen LogP contribution in [-0.2, 0) is 0 Å². The molecule has 0 unspecified atom stereocenters. The van der Waals surface area contributed by atoms with Crippen LogP contribution in [0, 0.1) is 0 Å². The fourth-order valence-corrected chi connectivity index (χ4v) is 7.26. The van der Waals surface area contributed by atoms with Gasteiger partial charge < -0.3 is 0 Å². The van der Waals surface area contributed by atoms with E-state index in [2.05, 4.69) is 133 Å². The standard InChI is InChI=1S/C49H31N5/c1-4-13-32(14-5-1)41-30-45(52-48-40(41)26-24-36-25-27-42(51-47(36)48)33-15-6-2-7-16-33)49-53-43(34-17-8-3-9-18-34)31-44(54-49)38-21-10-20-37(29-38)39-23-11-19-35-22-12-28-50-46(35)39/h1-31H. The average Bonchev–Trinajstić information content (AvgIpc) is 3.26. The molecule has 10 rings (SSSR count). The second kappa shape index (κ2) is 13.3. The van der Waals surface area contributed by atoms with E-state index < -0.39 is 0 Å². The van der Waals surface area contributed by atoms with Crippen molar-refractivity contribution < 1.29 is 0 Å². The SMILES string of the molecule is c1ccc(-c2cc(-c3cccc(-c4cccc5cccnc45)c3)nc(-c3cc(-c4ccccc4)c4ccc5ccc(-c6ccccc6)nc5c4n3)n2)cc1. The van der Waals surface area contributed by atoms with E-state index in [1.807, 2.05) is 54.7 Å². The lowest BCUT2D eigenvalue weighted by Gasteiger charge is -2.14. The molecule has 0 radical (unpaired) electrons. The molecule has 0 aliphatic heterocycles. The summed E-state index contributed by atoms with van der Waals surface area (Å²) in [5.41, 5.74) is 13.1. The molecule has 252 valence electrons. The Labute approximate surface area is 312 Å². The van der Waals surface area contributed by atoms with E-state index in [1.54, 1.807) is 0 Å². The lowest BCUT2D eigenvalue weighted by Crippen LogP contribution is -1.99. The molecule has 0 atom stereocenters. The van der Waals surface area contributed by atoms with Gasteiger partial charge in [0.2, 0.25) is 0 Å². The molecule has 4 aromatic heterocycles. The third-order valence-corrected chi connectivity index (χ3v) is 9.92. The van der Waals surface area contributed by atoms with E-state index in [4.69, 9.17) is 24.9 Å². The van der Waals surface area contributed by atoms with Crippen molar-refractivity contribution in [1.82, 2.24) is 24.9 Å². The average molecular weight is 690 g/mol. The van der Waals surface area contributed by atoms with Crippen molar-refractivity contribution in [3.63, 3.8) is 0 Å². The Kier molecular flexibility index (Phi) is 7.73. The van der Waals surface area contributed by atoms with Crippen molar-refractivity contribution in [1.29, 1.82) is 0 Å². The maximum absolute atomic E-state index is 5.37. The van der Waals surface area contributed by atoms with Gasteiger partial charge in [0.15, 0.2) is 5.82 Å². The van der Waals surface area contributed by atoms with Crippen LogP contribution in [0.15, 0.2) is 188 Å². The van der Waals surface area contributed by atoms with Crippen LogP contribution in [0.25, 0.3) is 100 Å². The van der Waals surface area contributed by atoms with Crippen molar-refractivity contribution in [3.05, 3.63) is 188 Å². The van der Waals surface area contributed by atoms with Crippen LogP contribution in [0.2, 0.25) is 0 Å². The van der Waals surface area contributed by atoms with E-state index in [0.717, 1.165) is 88.7 Å². The minimum absolute atomic E-state index is 0.541. The van der Waals surface area contributed by atoms with Gasteiger partial charge in [-0.25, -0.2) is 19.9 Å². The number of pyridine rings is 3. The van der Waals surface area contributed by atoms with Gasteiger partial charge in [0.1, 0.15) is 5.69 Å². The number of benzene rings is 6. The summed E-state index contributed by atoms with van der Waals surface area (Å²) in [6, 6.07) is 62.6. The summed E-state index contributed by atoms with van der Waals surface area (Å²) in [7, 11) is 0. The summed E-state index contributed by atoms with van der Waals surface area (Å²) in [5, 5.41) is 3.14. The molecule has 54 heavy (non-hydrogen) atoms. The van der Waals surface area contributed by atoms with Gasteiger partial charge in [-0.2, -0.15) is 0 Å². The molecule has 0 saturated heterocycles. The van der Waals surface area contributed by atoms with Crippen molar-refractivity contribution in [2.45, 2.75) is 0 Å². The Morgan fingerprint density at radius 3 is 1.67 bits per heavy atom. The molecule has 0 amide bonds. The number of nitrogens with zero attached hydrogens (tertiary/aromatic N) is 5. The lowest BCUT2D eigenvalue weighted by molar-refractivity contribution is 1.16. The first-order valence-corrected chi connectivity index (χ1v) is 18.0. The summed E-state index contributed by atoms with van der Waals surface area (Å²) in [5.74, 6) is 0.541. The fourth-order valence-electron chi connectivity index (χ4n) is 7.26. The Hall–Kier alpha value is -7.37. The second-order valence-corrected chi connectivity index (χ2v) is 13.3. The largest absolute Gasteiger partial charge is 0.256 e. The van der Waals surface area contributed by atoms with Gasteiger partial charge in [-0.1, -0.05) is 152 Å². The summed E-state index contributed by atoms with van der Waals surface area (Å²) in [6.45, 7) is 0. The molecule has 4 heterocycles. The summed E-state index contributed by atoms with van der Waals surface area (Å²) < 4.78 is 0. The van der Waals surface area contributed by atoms with Gasteiger partial charge in [0, 0.05) is 44.6 Å². The topological polar surface area (TPSA) is 64.5 Å². The first-order valence-electron chi connectivity index (χ1n) is 18.0. The van der Waals surface area contributed by atoms with E-state index >= 15 is 0 Å². The normalized spacial score (nSPS) is 11.3. The molecule has 5 nitrogen and oxygen atoms in total. The molecular weight excluding hydrogens is 659 g/mol. The molecular formula is C49H31N5. The van der Waals surface area contributed by atoms with Gasteiger partial charge in [-0.3, -0.25) is 4.98 Å². The zero-order chi connectivity index (χ0) is 35.8. The van der Waals surface area contributed by atoms with Crippen LogP contribution in [-0.4, -0.2) is 24.9 Å². The third-order valence-electron chi connectivity index (χ3n) is 9.92. The number of hydrogen-bond donors (Lipinski definition) is 0. The van der Waals surface area contributed by atoms with E-state index in [9.17, 15) is 0 Å². The third kappa shape index (κ3) is 5.74. The predicted octanol–water partition coefficient (Wildman–Crippen LogP) is 12.1. The van der Waals surface area contributed by atoms with E-state index in [-0.39, 0.29) is 0 Å². The highest BCUT2D eigenvalue weighted by molar-refractivity contribution is 6.09. The first kappa shape index (κ1) is 31.4. The maximum atomic E-state index is 5.37. The smallest absolute Gasteiger partial charge is 0.179 e. The fraction of sp³-hybridized carbons (Fsp3) is 0. The molecule has 5 heteroatoms. The van der Waals surface area contributed by atoms with Crippen LogP contribution in [0.3, 0.4) is 0 Å². The predicted molar refractivity (Wildman–Crippen MR) is 221 cm³/mol. The van der Waals surface area contributed by atoms with Gasteiger partial charge in [-0.05, 0) is 47.0 Å². The number of rotatable bonds is 6. The Morgan fingerprint density at radius 1 is 0.296 bits per heavy atom. The number of aromatic nitrogens is 5. The highest BCUT2D eigenvalue weighted by Crippen LogP contribution is 2.37. The summed E-state index contributed by atoms with van der Waals surface area (Å²) >= 11 is 0. The molecule has 6 aromatic carbocycles. The van der Waals surface area contributed by atoms with Crippen molar-refractivity contribution in [2.24, 2.45) is 0 Å². The van der Waals surface area contributed by atoms with Crippen LogP contribution < -0.4 is 0 Å². The van der Waals surface area contributed by atoms with Gasteiger partial charge in [0.25, 0.3) is 0 Å². The van der Waals surface area contributed by atoms with Crippen molar-refractivity contribution in [3.8, 4) is 67.5 Å². The summed E-state index contributed by atoms with van der Waals surface area (Å²) in [4.78, 5) is 25.8. The van der Waals surface area contributed by atoms with Crippen LogP contribution in [0.5, 0.6) is 0 Å². The summed E-state index contributed by atoms with van der Waals surface area (Å²) in [6.07, 6.45) is 1.85. The Bertz CT molecular complexity index is 2980. The highest BCUT2D eigenvalue weighted by atomic mass is 14.9. The zero-order valence-electron chi connectivity index (χ0n) is 29.1. The van der Waals surface area contributed by atoms with E-state index in [1.165, 1.54) is 0 Å². The zero-order valence-corrected chi connectivity index (χ0v) is 29.1. The van der Waals surface area contributed by atoms with E-state index in [0.29, 0.717) is 11.5 Å². The highest BCUT2D eigenvalue weighted by Gasteiger charge is 2.18. The molecule has 0 aliphatic carbocycles. The molecule has 0 saturated carbocycles. The number of fused-ring (bicyclic) bond motifs is 4. The van der Waals surface area contributed by atoms with Crippen LogP contribution in [0.4, 0.5) is 0 Å². The lowest BCUT2D eigenvalue weighted by atomic mass is 9.97. The van der Waals surface area contributed by atoms with Gasteiger partial charge in [-0.15, -0.1) is 0 Å². The molecule has 10 aromatic rings. The van der Waals surface area contributed by atoms with Crippen molar-refractivity contribution >= 4 is 32.7 Å².